The third kappa shape index (κ3) is 4.99. The summed E-state index contributed by atoms with van der Waals surface area (Å²) in [5.74, 6) is 0. The molecule has 0 saturated heterocycles. The summed E-state index contributed by atoms with van der Waals surface area (Å²) in [6.45, 7) is 19.4. The molecule has 0 aromatic rings. The quantitative estimate of drug-likeness (QED) is 0.728. The van der Waals surface area contributed by atoms with Gasteiger partial charge in [0.05, 0.1) is 0 Å². The fourth-order valence-electron chi connectivity index (χ4n) is 1.02. The van der Waals surface area contributed by atoms with E-state index in [0.717, 1.165) is 6.54 Å². The molecule has 0 aliphatic heterocycles. The van der Waals surface area contributed by atoms with E-state index in [4.69, 9.17) is 0 Å². The maximum Gasteiger partial charge on any atom is 0.0173 e. The van der Waals surface area contributed by atoms with Crippen LogP contribution in [0.4, 0.5) is 0 Å². The Kier molecular flexibility index (Phi) is 4.21. The van der Waals surface area contributed by atoms with Gasteiger partial charge in [0.2, 0.25) is 0 Å². The molecule has 0 heterocycles. The highest BCUT2D eigenvalue weighted by Gasteiger charge is 2.31. The molecule has 0 aliphatic rings. The summed E-state index contributed by atoms with van der Waals surface area (Å²) in [5, 5.41) is 3.66. The van der Waals surface area contributed by atoms with Gasteiger partial charge in [0.1, 0.15) is 0 Å². The average Bonchev–Trinajstić information content (AvgIpc) is 1.80. The molecule has 0 fully saturated rings. The van der Waals surface area contributed by atoms with Crippen LogP contribution in [-0.4, -0.2) is 12.1 Å². The normalized spacial score (nSPS) is 14.6. The van der Waals surface area contributed by atoms with Crippen molar-refractivity contribution in [2.45, 2.75) is 67.3 Å². The van der Waals surface area contributed by atoms with E-state index in [9.17, 15) is 0 Å². The van der Waals surface area contributed by atoms with E-state index in [1.165, 1.54) is 6.42 Å². The van der Waals surface area contributed by atoms with Gasteiger partial charge >= 0.3 is 0 Å². The second kappa shape index (κ2) is 4.22. The first-order chi connectivity index (χ1) is 5.96. The molecular formula is C13H29N. The van der Waals surface area contributed by atoms with E-state index in [1.807, 2.05) is 0 Å². The molecule has 14 heavy (non-hydrogen) atoms. The Morgan fingerprint density at radius 1 is 0.786 bits per heavy atom. The van der Waals surface area contributed by atoms with Gasteiger partial charge in [0.25, 0.3) is 0 Å². The van der Waals surface area contributed by atoms with Gasteiger partial charge < -0.3 is 5.32 Å². The summed E-state index contributed by atoms with van der Waals surface area (Å²) in [5.41, 5.74) is 0.949. The molecule has 0 aromatic heterocycles. The summed E-state index contributed by atoms with van der Waals surface area (Å²) in [6.07, 6.45) is 1.23. The molecule has 1 heteroatoms. The Morgan fingerprint density at radius 3 is 1.50 bits per heavy atom. The van der Waals surface area contributed by atoms with Crippen molar-refractivity contribution in [2.75, 3.05) is 6.54 Å². The van der Waals surface area contributed by atoms with Crippen LogP contribution in [0.15, 0.2) is 0 Å². The molecule has 0 aromatic carbocycles. The lowest BCUT2D eigenvalue weighted by atomic mass is 9.76. The number of hydrogen-bond donors (Lipinski definition) is 1. The summed E-state index contributed by atoms with van der Waals surface area (Å²) in [4.78, 5) is 0. The van der Waals surface area contributed by atoms with Crippen LogP contribution in [0.1, 0.15) is 61.8 Å². The fraction of sp³-hybridized carbons (Fsp3) is 1.00. The Bertz CT molecular complexity index is 167. The van der Waals surface area contributed by atoms with Crippen LogP contribution in [0.5, 0.6) is 0 Å². The molecule has 86 valence electrons. The summed E-state index contributed by atoms with van der Waals surface area (Å²) in [6, 6.07) is 0. The van der Waals surface area contributed by atoms with Crippen molar-refractivity contribution < 1.29 is 0 Å². The van der Waals surface area contributed by atoms with Crippen molar-refractivity contribution in [3.05, 3.63) is 0 Å². The zero-order valence-corrected chi connectivity index (χ0v) is 11.4. The van der Waals surface area contributed by atoms with Crippen molar-refractivity contribution in [2.24, 2.45) is 10.8 Å². The topological polar surface area (TPSA) is 12.0 Å². The third-order valence-electron chi connectivity index (χ3n) is 3.32. The lowest BCUT2D eigenvalue weighted by Gasteiger charge is -2.40. The SMILES string of the molecule is CC(C)(C)CCNC(C)(C)C(C)(C)C. The Labute approximate surface area is 90.7 Å². The molecule has 0 aliphatic carbocycles. The molecule has 0 radical (unpaired) electrons. The smallest absolute Gasteiger partial charge is 0.0173 e. The Morgan fingerprint density at radius 2 is 1.21 bits per heavy atom. The molecule has 0 unspecified atom stereocenters. The number of nitrogens with one attached hydrogen (secondary N) is 1. The minimum absolute atomic E-state index is 0.207. The zero-order valence-electron chi connectivity index (χ0n) is 11.4. The molecule has 1 N–H and O–H groups in total. The van der Waals surface area contributed by atoms with Crippen LogP contribution in [0, 0.1) is 10.8 Å². The summed E-state index contributed by atoms with van der Waals surface area (Å²) in [7, 11) is 0. The standard InChI is InChI=1S/C13H29N/c1-11(2,3)9-10-14-13(7,8)12(4,5)6/h14H,9-10H2,1-8H3. The highest BCUT2D eigenvalue weighted by atomic mass is 15.0. The van der Waals surface area contributed by atoms with Crippen LogP contribution >= 0.6 is 0 Å². The third-order valence-corrected chi connectivity index (χ3v) is 3.32. The first kappa shape index (κ1) is 14.0. The van der Waals surface area contributed by atoms with E-state index in [0.29, 0.717) is 10.8 Å². The van der Waals surface area contributed by atoms with Crippen molar-refractivity contribution in [3.63, 3.8) is 0 Å². The van der Waals surface area contributed by atoms with Gasteiger partial charge in [-0.15, -0.1) is 0 Å². The highest BCUT2D eigenvalue weighted by molar-refractivity contribution is 4.90. The van der Waals surface area contributed by atoms with Crippen LogP contribution in [0.25, 0.3) is 0 Å². The van der Waals surface area contributed by atoms with Crippen LogP contribution in [0.2, 0.25) is 0 Å². The maximum atomic E-state index is 3.66. The fourth-order valence-corrected chi connectivity index (χ4v) is 1.02. The number of rotatable bonds is 3. The second-order valence-electron chi connectivity index (χ2n) is 7.11. The van der Waals surface area contributed by atoms with Gasteiger partial charge in [0, 0.05) is 5.54 Å². The monoisotopic (exact) mass is 199 g/mol. The predicted octanol–water partition coefficient (Wildman–Crippen LogP) is 3.84. The summed E-state index contributed by atoms with van der Waals surface area (Å²) < 4.78 is 0. The molecular weight excluding hydrogens is 170 g/mol. The van der Waals surface area contributed by atoms with Gasteiger partial charge in [-0.2, -0.15) is 0 Å². The van der Waals surface area contributed by atoms with E-state index in [2.05, 4.69) is 60.7 Å². The molecule has 0 spiro atoms. The molecule has 0 saturated carbocycles. The summed E-state index contributed by atoms with van der Waals surface area (Å²) >= 11 is 0. The van der Waals surface area contributed by atoms with Gasteiger partial charge in [0.15, 0.2) is 0 Å². The van der Waals surface area contributed by atoms with Crippen LogP contribution in [-0.2, 0) is 0 Å². The van der Waals surface area contributed by atoms with E-state index < -0.39 is 0 Å². The second-order valence-corrected chi connectivity index (χ2v) is 7.11. The van der Waals surface area contributed by atoms with Gasteiger partial charge in [-0.3, -0.25) is 0 Å². The lowest BCUT2D eigenvalue weighted by molar-refractivity contribution is 0.169. The Balaban J connectivity index is 4.02. The highest BCUT2D eigenvalue weighted by Crippen LogP contribution is 2.29. The minimum Gasteiger partial charge on any atom is -0.311 e. The van der Waals surface area contributed by atoms with E-state index in [-0.39, 0.29) is 5.54 Å². The average molecular weight is 199 g/mol. The molecule has 0 amide bonds. The minimum atomic E-state index is 0.207. The van der Waals surface area contributed by atoms with Crippen LogP contribution in [0.3, 0.4) is 0 Å². The molecule has 0 atom stereocenters. The lowest BCUT2D eigenvalue weighted by Crippen LogP contribution is -2.50. The van der Waals surface area contributed by atoms with Crippen molar-refractivity contribution in [1.29, 1.82) is 0 Å². The largest absolute Gasteiger partial charge is 0.311 e. The molecule has 0 rings (SSSR count). The Hall–Kier alpha value is -0.0400. The molecule has 0 bridgehead atoms. The van der Waals surface area contributed by atoms with Crippen molar-refractivity contribution in [1.82, 2.24) is 5.32 Å². The van der Waals surface area contributed by atoms with Gasteiger partial charge in [-0.05, 0) is 37.6 Å². The van der Waals surface area contributed by atoms with Crippen molar-refractivity contribution >= 4 is 0 Å². The number of hydrogen-bond acceptors (Lipinski definition) is 1. The van der Waals surface area contributed by atoms with E-state index >= 15 is 0 Å². The van der Waals surface area contributed by atoms with E-state index in [1.54, 1.807) is 0 Å². The molecule has 1 nitrogen and oxygen atoms in total. The first-order valence-corrected chi connectivity index (χ1v) is 5.71. The predicted molar refractivity (Wildman–Crippen MR) is 65.6 cm³/mol. The van der Waals surface area contributed by atoms with Crippen molar-refractivity contribution in [3.8, 4) is 0 Å². The first-order valence-electron chi connectivity index (χ1n) is 5.71. The van der Waals surface area contributed by atoms with Crippen LogP contribution < -0.4 is 5.32 Å². The zero-order chi connectivity index (χ0) is 11.6. The van der Waals surface area contributed by atoms with Gasteiger partial charge in [-0.1, -0.05) is 41.5 Å². The van der Waals surface area contributed by atoms with Gasteiger partial charge in [-0.25, -0.2) is 0 Å². The maximum absolute atomic E-state index is 3.66.